The van der Waals surface area contributed by atoms with Crippen molar-refractivity contribution < 1.29 is 4.79 Å². The van der Waals surface area contributed by atoms with Gasteiger partial charge >= 0.3 is 0 Å². The first-order valence-electron chi connectivity index (χ1n) is 3.73. The first-order valence-corrected chi connectivity index (χ1v) is 5.83. The molecule has 0 spiro atoms. The number of carbonyl (C=O) groups excluding carboxylic acids is 1. The minimum atomic E-state index is -0.153. The van der Waals surface area contributed by atoms with Gasteiger partial charge in [0.1, 0.15) is 4.58 Å². The van der Waals surface area contributed by atoms with Gasteiger partial charge in [0.2, 0.25) is 5.91 Å². The summed E-state index contributed by atoms with van der Waals surface area (Å²) in [6.07, 6.45) is 5.14. The Morgan fingerprint density at radius 2 is 2.25 bits per heavy atom. The zero-order chi connectivity index (χ0) is 8.97. The molecule has 1 fully saturated rings. The summed E-state index contributed by atoms with van der Waals surface area (Å²) in [6, 6.07) is -0.153. The Morgan fingerprint density at radius 1 is 1.67 bits per heavy atom. The van der Waals surface area contributed by atoms with Gasteiger partial charge in [-0.25, -0.2) is 0 Å². The summed E-state index contributed by atoms with van der Waals surface area (Å²) in [5, 5.41) is 2.75. The molecular formula is C8H11NOS2. The van der Waals surface area contributed by atoms with Crippen LogP contribution in [-0.2, 0) is 4.79 Å². The Kier molecular flexibility index (Phi) is 3.83. The highest BCUT2D eigenvalue weighted by atomic mass is 32.2. The summed E-state index contributed by atoms with van der Waals surface area (Å²) < 4.78 is 0.0563. The van der Waals surface area contributed by atoms with Crippen LogP contribution in [0, 0.1) is 12.3 Å². The summed E-state index contributed by atoms with van der Waals surface area (Å²) in [5.41, 5.74) is 0. The molecule has 1 rings (SSSR count). The van der Waals surface area contributed by atoms with Gasteiger partial charge in [0.25, 0.3) is 0 Å². The molecular weight excluding hydrogens is 190 g/mol. The van der Waals surface area contributed by atoms with Crippen LogP contribution in [0.2, 0.25) is 0 Å². The molecule has 1 saturated heterocycles. The van der Waals surface area contributed by atoms with Gasteiger partial charge in [-0.1, -0.05) is 5.92 Å². The van der Waals surface area contributed by atoms with Gasteiger partial charge in [0, 0.05) is 11.5 Å². The Bertz CT molecular complexity index is 206. The van der Waals surface area contributed by atoms with Crippen molar-refractivity contribution in [1.82, 2.24) is 5.32 Å². The maximum Gasteiger partial charge on any atom is 0.244 e. The van der Waals surface area contributed by atoms with Crippen LogP contribution in [0.4, 0.5) is 0 Å². The van der Waals surface area contributed by atoms with Crippen molar-refractivity contribution in [2.24, 2.45) is 0 Å². The highest BCUT2D eigenvalue weighted by Gasteiger charge is 2.24. The molecule has 2 nitrogen and oxygen atoms in total. The summed E-state index contributed by atoms with van der Waals surface area (Å²) in [7, 11) is 0. The molecule has 66 valence electrons. The SMILES string of the molecule is C#CC(C)NC(=O)C1SCCS1. The quantitative estimate of drug-likeness (QED) is 0.674. The van der Waals surface area contributed by atoms with Crippen LogP contribution in [-0.4, -0.2) is 28.0 Å². The zero-order valence-electron chi connectivity index (χ0n) is 6.87. The van der Waals surface area contributed by atoms with Crippen LogP contribution < -0.4 is 5.32 Å². The minimum Gasteiger partial charge on any atom is -0.341 e. The van der Waals surface area contributed by atoms with E-state index in [1.807, 2.05) is 6.92 Å². The van der Waals surface area contributed by atoms with Gasteiger partial charge in [-0.2, -0.15) is 0 Å². The van der Waals surface area contributed by atoms with Crippen molar-refractivity contribution in [3.63, 3.8) is 0 Å². The molecule has 4 heteroatoms. The molecule has 0 aromatic rings. The molecule has 0 bridgehead atoms. The fourth-order valence-electron chi connectivity index (χ4n) is 0.833. The zero-order valence-corrected chi connectivity index (χ0v) is 8.50. The number of amides is 1. The highest BCUT2D eigenvalue weighted by molar-refractivity contribution is 8.21. The van der Waals surface area contributed by atoms with Gasteiger partial charge < -0.3 is 5.32 Å². The number of rotatable bonds is 2. The summed E-state index contributed by atoms with van der Waals surface area (Å²) >= 11 is 3.37. The molecule has 1 heterocycles. The number of thioether (sulfide) groups is 2. The van der Waals surface area contributed by atoms with Crippen LogP contribution >= 0.6 is 23.5 Å². The smallest absolute Gasteiger partial charge is 0.244 e. The summed E-state index contributed by atoms with van der Waals surface area (Å²) in [6.45, 7) is 1.81. The average molecular weight is 201 g/mol. The predicted molar refractivity (Wildman–Crippen MR) is 55.1 cm³/mol. The van der Waals surface area contributed by atoms with Crippen LogP contribution in [0.3, 0.4) is 0 Å². The number of carbonyl (C=O) groups is 1. The van der Waals surface area contributed by atoms with Gasteiger partial charge in [-0.3, -0.25) is 4.79 Å². The maximum absolute atomic E-state index is 11.4. The van der Waals surface area contributed by atoms with Crippen molar-refractivity contribution in [2.75, 3.05) is 11.5 Å². The van der Waals surface area contributed by atoms with Crippen molar-refractivity contribution in [3.05, 3.63) is 0 Å². The van der Waals surface area contributed by atoms with Gasteiger partial charge in [-0.15, -0.1) is 29.9 Å². The topological polar surface area (TPSA) is 29.1 Å². The first kappa shape index (κ1) is 9.82. The van der Waals surface area contributed by atoms with E-state index in [4.69, 9.17) is 6.42 Å². The molecule has 0 aromatic heterocycles. The molecule has 0 aliphatic carbocycles. The van der Waals surface area contributed by atoms with Crippen LogP contribution in [0.5, 0.6) is 0 Å². The molecule has 1 unspecified atom stereocenters. The van der Waals surface area contributed by atoms with E-state index in [1.165, 1.54) is 0 Å². The number of nitrogens with one attached hydrogen (secondary N) is 1. The fourth-order valence-corrected chi connectivity index (χ4v) is 3.43. The lowest BCUT2D eigenvalue weighted by atomic mass is 10.3. The number of hydrogen-bond acceptors (Lipinski definition) is 3. The van der Waals surface area contributed by atoms with E-state index in [-0.39, 0.29) is 16.5 Å². The lowest BCUT2D eigenvalue weighted by Crippen LogP contribution is -2.35. The summed E-state index contributed by atoms with van der Waals surface area (Å²) in [5.74, 6) is 4.66. The van der Waals surface area contributed by atoms with Gasteiger partial charge in [-0.05, 0) is 6.92 Å². The molecule has 12 heavy (non-hydrogen) atoms. The Hall–Kier alpha value is -0.270. The van der Waals surface area contributed by atoms with Crippen molar-refractivity contribution in [3.8, 4) is 12.3 Å². The highest BCUT2D eigenvalue weighted by Crippen LogP contribution is 2.31. The van der Waals surface area contributed by atoms with Crippen LogP contribution in [0.25, 0.3) is 0 Å². The van der Waals surface area contributed by atoms with E-state index < -0.39 is 0 Å². The third-order valence-electron chi connectivity index (χ3n) is 1.44. The third-order valence-corrected chi connectivity index (χ3v) is 4.43. The van der Waals surface area contributed by atoms with E-state index in [0.717, 1.165) is 11.5 Å². The minimum absolute atomic E-state index is 0.0563. The Morgan fingerprint density at radius 3 is 2.75 bits per heavy atom. The average Bonchev–Trinajstić information content (AvgIpc) is 2.56. The third kappa shape index (κ3) is 2.65. The lowest BCUT2D eigenvalue weighted by Gasteiger charge is -2.10. The second kappa shape index (κ2) is 4.68. The number of hydrogen-bond donors (Lipinski definition) is 1. The summed E-state index contributed by atoms with van der Waals surface area (Å²) in [4.78, 5) is 11.4. The van der Waals surface area contributed by atoms with Crippen molar-refractivity contribution in [1.29, 1.82) is 0 Å². The largest absolute Gasteiger partial charge is 0.341 e. The Balaban J connectivity index is 2.33. The molecule has 1 aliphatic heterocycles. The van der Waals surface area contributed by atoms with Crippen molar-refractivity contribution in [2.45, 2.75) is 17.5 Å². The maximum atomic E-state index is 11.4. The normalized spacial score (nSPS) is 20.0. The standard InChI is InChI=1S/C8H11NOS2/c1-3-6(2)9-7(10)8-11-4-5-12-8/h1,6,8H,4-5H2,2H3,(H,9,10). The van der Waals surface area contributed by atoms with E-state index in [0.29, 0.717) is 0 Å². The second-order valence-electron chi connectivity index (χ2n) is 2.47. The Labute approximate surface area is 81.2 Å². The number of terminal acetylenes is 1. The monoisotopic (exact) mass is 201 g/mol. The van der Waals surface area contributed by atoms with Gasteiger partial charge in [0.05, 0.1) is 6.04 Å². The van der Waals surface area contributed by atoms with E-state index in [2.05, 4.69) is 11.2 Å². The molecule has 0 radical (unpaired) electrons. The van der Waals surface area contributed by atoms with Crippen LogP contribution in [0.1, 0.15) is 6.92 Å². The molecule has 0 aromatic carbocycles. The van der Waals surface area contributed by atoms with E-state index >= 15 is 0 Å². The molecule has 1 amide bonds. The second-order valence-corrected chi connectivity index (χ2v) is 5.19. The fraction of sp³-hybridized carbons (Fsp3) is 0.625. The molecule has 1 atom stereocenters. The first-order chi connectivity index (χ1) is 5.74. The van der Waals surface area contributed by atoms with E-state index in [1.54, 1.807) is 23.5 Å². The molecule has 1 aliphatic rings. The molecule has 0 saturated carbocycles. The van der Waals surface area contributed by atoms with Crippen LogP contribution in [0.15, 0.2) is 0 Å². The predicted octanol–water partition coefficient (Wildman–Crippen LogP) is 0.930. The lowest BCUT2D eigenvalue weighted by molar-refractivity contribution is -0.119. The van der Waals surface area contributed by atoms with Gasteiger partial charge in [0.15, 0.2) is 0 Å². The van der Waals surface area contributed by atoms with Crippen molar-refractivity contribution >= 4 is 29.4 Å². The molecule has 1 N–H and O–H groups in total. The van der Waals surface area contributed by atoms with E-state index in [9.17, 15) is 4.79 Å².